The molecule has 0 bridgehead atoms. The first-order chi connectivity index (χ1) is 13.9. The van der Waals surface area contributed by atoms with Gasteiger partial charge in [0.1, 0.15) is 30.5 Å². The van der Waals surface area contributed by atoms with Crippen LogP contribution in [0.1, 0.15) is 33.9 Å². The van der Waals surface area contributed by atoms with E-state index in [1.807, 2.05) is 6.07 Å². The Kier molecular flexibility index (Phi) is 5.95. The standard InChI is InChI=1S/C22H26ClNO5/c1-12-2-3-14-8-24(9-15(14)6-12)10-16-7-13(4-5-17(16)23)22-21(28)20(27)19(26)18(11-25)29-22/h2-7,18-22,25-28H,8-11H2,1H3. The number of ether oxygens (including phenoxy) is 1. The number of fused-ring (bicyclic) bond motifs is 1. The maximum atomic E-state index is 10.4. The normalized spacial score (nSPS) is 29.8. The van der Waals surface area contributed by atoms with Gasteiger partial charge in [0.05, 0.1) is 6.61 Å². The van der Waals surface area contributed by atoms with Crippen LogP contribution in [0.15, 0.2) is 36.4 Å². The highest BCUT2D eigenvalue weighted by Gasteiger charge is 2.44. The van der Waals surface area contributed by atoms with Gasteiger partial charge in [-0.05, 0) is 35.2 Å². The van der Waals surface area contributed by atoms with Gasteiger partial charge in [0.2, 0.25) is 0 Å². The van der Waals surface area contributed by atoms with Gasteiger partial charge < -0.3 is 25.2 Å². The largest absolute Gasteiger partial charge is 0.394 e. The molecule has 2 aliphatic heterocycles. The van der Waals surface area contributed by atoms with Crippen LogP contribution in [0, 0.1) is 6.92 Å². The van der Waals surface area contributed by atoms with Crippen molar-refractivity contribution in [3.05, 3.63) is 69.2 Å². The van der Waals surface area contributed by atoms with Crippen LogP contribution >= 0.6 is 11.6 Å². The van der Waals surface area contributed by atoms with E-state index >= 15 is 0 Å². The summed E-state index contributed by atoms with van der Waals surface area (Å²) in [5.74, 6) is 0. The van der Waals surface area contributed by atoms with Gasteiger partial charge in [-0.15, -0.1) is 0 Å². The molecule has 1 saturated heterocycles. The number of hydrogen-bond acceptors (Lipinski definition) is 6. The molecular weight excluding hydrogens is 394 g/mol. The fourth-order valence-electron chi connectivity index (χ4n) is 4.22. The average molecular weight is 420 g/mol. The van der Waals surface area contributed by atoms with Crippen molar-refractivity contribution in [1.82, 2.24) is 4.90 Å². The molecular formula is C22H26ClNO5. The molecule has 5 atom stereocenters. The first-order valence-corrected chi connectivity index (χ1v) is 10.1. The molecule has 0 aromatic heterocycles. The summed E-state index contributed by atoms with van der Waals surface area (Å²) in [4.78, 5) is 2.29. The van der Waals surface area contributed by atoms with E-state index in [-0.39, 0.29) is 0 Å². The van der Waals surface area contributed by atoms with Crippen molar-refractivity contribution in [1.29, 1.82) is 0 Å². The van der Waals surface area contributed by atoms with E-state index in [4.69, 9.17) is 16.3 Å². The van der Waals surface area contributed by atoms with Crippen molar-refractivity contribution in [2.45, 2.75) is 57.1 Å². The minimum atomic E-state index is -1.40. The Morgan fingerprint density at radius 2 is 1.76 bits per heavy atom. The second kappa shape index (κ2) is 8.32. The van der Waals surface area contributed by atoms with Gasteiger partial charge in [0.15, 0.2) is 0 Å². The highest BCUT2D eigenvalue weighted by Crippen LogP contribution is 2.35. The molecule has 0 radical (unpaired) electrons. The monoisotopic (exact) mass is 419 g/mol. The molecule has 0 spiro atoms. The summed E-state index contributed by atoms with van der Waals surface area (Å²) in [5, 5.41) is 40.5. The van der Waals surface area contributed by atoms with Crippen LogP contribution < -0.4 is 0 Å². The molecule has 2 aromatic carbocycles. The fraction of sp³-hybridized carbons (Fsp3) is 0.455. The second-order valence-electron chi connectivity index (χ2n) is 8.02. The summed E-state index contributed by atoms with van der Waals surface area (Å²) in [6.45, 7) is 3.96. The number of aliphatic hydroxyl groups excluding tert-OH is 4. The minimum absolute atomic E-state index is 0.451. The van der Waals surface area contributed by atoms with E-state index in [0.29, 0.717) is 17.1 Å². The summed E-state index contributed by atoms with van der Waals surface area (Å²) < 4.78 is 5.68. The second-order valence-corrected chi connectivity index (χ2v) is 8.42. The quantitative estimate of drug-likeness (QED) is 0.602. The molecule has 6 nitrogen and oxygen atoms in total. The summed E-state index contributed by atoms with van der Waals surface area (Å²) >= 11 is 6.43. The first kappa shape index (κ1) is 20.8. The van der Waals surface area contributed by atoms with Crippen molar-refractivity contribution in [3.8, 4) is 0 Å². The Hall–Kier alpha value is -1.51. The lowest BCUT2D eigenvalue weighted by atomic mass is 9.90. The Morgan fingerprint density at radius 3 is 2.52 bits per heavy atom. The lowest BCUT2D eigenvalue weighted by molar-refractivity contribution is -0.231. The molecule has 4 rings (SSSR count). The van der Waals surface area contributed by atoms with Gasteiger partial charge in [-0.1, -0.05) is 47.5 Å². The third-order valence-corrected chi connectivity index (χ3v) is 6.20. The zero-order valence-electron chi connectivity index (χ0n) is 16.2. The summed E-state index contributed by atoms with van der Waals surface area (Å²) in [7, 11) is 0. The summed E-state index contributed by atoms with van der Waals surface area (Å²) in [6, 6.07) is 11.8. The average Bonchev–Trinajstić information content (AvgIpc) is 3.10. The molecule has 0 amide bonds. The number of benzene rings is 2. The minimum Gasteiger partial charge on any atom is -0.394 e. The van der Waals surface area contributed by atoms with Crippen LogP contribution in [0.4, 0.5) is 0 Å². The first-order valence-electron chi connectivity index (χ1n) is 9.77. The fourth-order valence-corrected chi connectivity index (χ4v) is 4.39. The van der Waals surface area contributed by atoms with E-state index in [1.165, 1.54) is 16.7 Å². The Labute approximate surface area is 174 Å². The molecule has 2 aromatic rings. The maximum absolute atomic E-state index is 10.4. The van der Waals surface area contributed by atoms with E-state index in [1.54, 1.807) is 12.1 Å². The predicted octanol–water partition coefficient (Wildman–Crippen LogP) is 1.68. The van der Waals surface area contributed by atoms with Crippen molar-refractivity contribution >= 4 is 11.6 Å². The number of aryl methyl sites for hydroxylation is 1. The molecule has 156 valence electrons. The van der Waals surface area contributed by atoms with Crippen molar-refractivity contribution in [3.63, 3.8) is 0 Å². The lowest BCUT2D eigenvalue weighted by Gasteiger charge is -2.40. The number of halogens is 1. The van der Waals surface area contributed by atoms with Crippen molar-refractivity contribution in [2.24, 2.45) is 0 Å². The predicted molar refractivity (Wildman–Crippen MR) is 108 cm³/mol. The molecule has 0 saturated carbocycles. The molecule has 2 aliphatic rings. The summed E-state index contributed by atoms with van der Waals surface area (Å²) in [6.07, 6.45) is -5.87. The number of aliphatic hydroxyl groups is 4. The third-order valence-electron chi connectivity index (χ3n) is 5.83. The van der Waals surface area contributed by atoms with Gasteiger partial charge >= 0.3 is 0 Å². The van der Waals surface area contributed by atoms with E-state index < -0.39 is 37.1 Å². The Bertz CT molecular complexity index is 890. The highest BCUT2D eigenvalue weighted by molar-refractivity contribution is 6.31. The van der Waals surface area contributed by atoms with E-state index in [9.17, 15) is 20.4 Å². The van der Waals surface area contributed by atoms with E-state index in [0.717, 1.165) is 18.7 Å². The third kappa shape index (κ3) is 4.07. The lowest BCUT2D eigenvalue weighted by Crippen LogP contribution is -2.55. The number of hydrogen-bond donors (Lipinski definition) is 4. The Balaban J connectivity index is 1.54. The zero-order valence-corrected chi connectivity index (χ0v) is 17.0. The highest BCUT2D eigenvalue weighted by atomic mass is 35.5. The van der Waals surface area contributed by atoms with Crippen LogP contribution in [0.3, 0.4) is 0 Å². The summed E-state index contributed by atoms with van der Waals surface area (Å²) in [5.41, 5.74) is 5.43. The van der Waals surface area contributed by atoms with Gasteiger partial charge in [0.25, 0.3) is 0 Å². The molecule has 1 fully saturated rings. The molecule has 29 heavy (non-hydrogen) atoms. The van der Waals surface area contributed by atoms with Crippen LogP contribution in [0.5, 0.6) is 0 Å². The van der Waals surface area contributed by atoms with Crippen LogP contribution in [0.2, 0.25) is 5.02 Å². The number of nitrogens with zero attached hydrogens (tertiary/aromatic N) is 1. The van der Waals surface area contributed by atoms with Gasteiger partial charge in [0, 0.05) is 24.7 Å². The van der Waals surface area contributed by atoms with Crippen LogP contribution in [-0.4, -0.2) is 56.3 Å². The molecule has 4 N–H and O–H groups in total. The molecule has 7 heteroatoms. The zero-order chi connectivity index (χ0) is 20.7. The van der Waals surface area contributed by atoms with Crippen LogP contribution in [0.25, 0.3) is 0 Å². The maximum Gasteiger partial charge on any atom is 0.113 e. The van der Waals surface area contributed by atoms with Gasteiger partial charge in [-0.2, -0.15) is 0 Å². The van der Waals surface area contributed by atoms with Crippen molar-refractivity contribution in [2.75, 3.05) is 6.61 Å². The van der Waals surface area contributed by atoms with E-state index in [2.05, 4.69) is 30.0 Å². The molecule has 0 aliphatic carbocycles. The molecule has 2 heterocycles. The number of rotatable bonds is 4. The SMILES string of the molecule is Cc1ccc2c(c1)CN(Cc1cc(C3OC(CO)C(O)C(O)C3O)ccc1Cl)C2. The van der Waals surface area contributed by atoms with Gasteiger partial charge in [-0.25, -0.2) is 0 Å². The topological polar surface area (TPSA) is 93.4 Å². The van der Waals surface area contributed by atoms with Gasteiger partial charge in [-0.3, -0.25) is 4.90 Å². The van der Waals surface area contributed by atoms with Crippen LogP contribution in [-0.2, 0) is 24.4 Å². The smallest absolute Gasteiger partial charge is 0.113 e. The van der Waals surface area contributed by atoms with Crippen molar-refractivity contribution < 1.29 is 25.2 Å². The molecule has 5 unspecified atom stereocenters. The Morgan fingerprint density at radius 1 is 1.00 bits per heavy atom.